The van der Waals surface area contributed by atoms with Gasteiger partial charge in [-0.05, 0) is 36.5 Å². The van der Waals surface area contributed by atoms with E-state index in [1.165, 1.54) is 0 Å². The summed E-state index contributed by atoms with van der Waals surface area (Å²) in [6.45, 7) is 1.73. The molecule has 0 radical (unpaired) electrons. The molecule has 2 amide bonds. The zero-order valence-electron chi connectivity index (χ0n) is 15.8. The summed E-state index contributed by atoms with van der Waals surface area (Å²) in [6.07, 6.45) is 1.24. The minimum atomic E-state index is -1.47. The summed E-state index contributed by atoms with van der Waals surface area (Å²) in [5.74, 6) is -1.88. The van der Waals surface area contributed by atoms with Crippen LogP contribution in [0.4, 0.5) is 5.69 Å². The molecule has 6 nitrogen and oxygen atoms in total. The molecule has 3 N–H and O–H groups in total. The Kier molecular flexibility index (Phi) is 5.78. The van der Waals surface area contributed by atoms with Gasteiger partial charge >= 0.3 is 5.97 Å². The standard InChI is InChI=1S/C22H24N2O4/c1-2-22(21(27)28,17-9-4-3-5-10-17)24-19(25)13-12-16-14-15-8-6-7-11-18(15)23-20(16)26/h3-11,16H,2,12-14H2,1H3,(H,23,26)(H,24,25)(H,27,28). The van der Waals surface area contributed by atoms with E-state index in [0.717, 1.165) is 11.3 Å². The van der Waals surface area contributed by atoms with Crippen LogP contribution in [-0.2, 0) is 26.3 Å². The van der Waals surface area contributed by atoms with E-state index in [9.17, 15) is 19.5 Å². The van der Waals surface area contributed by atoms with Crippen molar-refractivity contribution in [1.82, 2.24) is 5.32 Å². The van der Waals surface area contributed by atoms with Gasteiger partial charge in [0.2, 0.25) is 11.8 Å². The van der Waals surface area contributed by atoms with E-state index >= 15 is 0 Å². The van der Waals surface area contributed by atoms with Crippen LogP contribution < -0.4 is 10.6 Å². The molecule has 0 saturated carbocycles. The zero-order chi connectivity index (χ0) is 20.1. The smallest absolute Gasteiger partial charge is 0.334 e. The van der Waals surface area contributed by atoms with Gasteiger partial charge < -0.3 is 15.7 Å². The Balaban J connectivity index is 1.67. The molecule has 2 atom stereocenters. The number of nitrogens with one attached hydrogen (secondary N) is 2. The van der Waals surface area contributed by atoms with Gasteiger partial charge in [0.15, 0.2) is 5.54 Å². The minimum absolute atomic E-state index is 0.0854. The predicted molar refractivity (Wildman–Crippen MR) is 106 cm³/mol. The fourth-order valence-corrected chi connectivity index (χ4v) is 3.67. The van der Waals surface area contributed by atoms with Crippen LogP contribution in [0.15, 0.2) is 54.6 Å². The van der Waals surface area contributed by atoms with Crippen molar-refractivity contribution in [2.45, 2.75) is 38.1 Å². The second kappa shape index (κ2) is 8.25. The summed E-state index contributed by atoms with van der Waals surface area (Å²) in [6, 6.07) is 16.3. The molecule has 2 aromatic carbocycles. The summed E-state index contributed by atoms with van der Waals surface area (Å²) < 4.78 is 0. The highest BCUT2D eigenvalue weighted by molar-refractivity contribution is 5.96. The second-order valence-corrected chi connectivity index (χ2v) is 7.06. The Morgan fingerprint density at radius 2 is 1.82 bits per heavy atom. The molecule has 1 aliphatic rings. The van der Waals surface area contributed by atoms with Crippen molar-refractivity contribution in [2.24, 2.45) is 5.92 Å². The Labute approximate surface area is 164 Å². The second-order valence-electron chi connectivity index (χ2n) is 7.06. The number of fused-ring (bicyclic) bond motifs is 1. The lowest BCUT2D eigenvalue weighted by molar-refractivity contribution is -0.148. The number of carbonyl (C=O) groups excluding carboxylic acids is 2. The van der Waals surface area contributed by atoms with Gasteiger partial charge in [0.25, 0.3) is 0 Å². The van der Waals surface area contributed by atoms with Gasteiger partial charge in [-0.2, -0.15) is 0 Å². The van der Waals surface area contributed by atoms with E-state index in [1.807, 2.05) is 24.3 Å². The lowest BCUT2D eigenvalue weighted by atomic mass is 9.86. The van der Waals surface area contributed by atoms with Crippen molar-refractivity contribution in [3.05, 3.63) is 65.7 Å². The van der Waals surface area contributed by atoms with E-state index < -0.39 is 11.5 Å². The SMILES string of the molecule is CCC(NC(=O)CCC1Cc2ccccc2NC1=O)(C(=O)O)c1ccccc1. The van der Waals surface area contributed by atoms with Crippen LogP contribution in [-0.4, -0.2) is 22.9 Å². The Hall–Kier alpha value is -3.15. The van der Waals surface area contributed by atoms with Crippen molar-refractivity contribution in [3.8, 4) is 0 Å². The summed E-state index contributed by atoms with van der Waals surface area (Å²) >= 11 is 0. The first-order valence-electron chi connectivity index (χ1n) is 9.45. The number of aliphatic carboxylic acids is 1. The molecule has 0 spiro atoms. The molecule has 3 rings (SSSR count). The number of anilines is 1. The third-order valence-corrected chi connectivity index (χ3v) is 5.35. The quantitative estimate of drug-likeness (QED) is 0.688. The van der Waals surface area contributed by atoms with Crippen LogP contribution in [0.3, 0.4) is 0 Å². The Morgan fingerprint density at radius 3 is 2.50 bits per heavy atom. The number of amides is 2. The average Bonchev–Trinajstić information content (AvgIpc) is 2.71. The van der Waals surface area contributed by atoms with Crippen LogP contribution in [0, 0.1) is 5.92 Å². The van der Waals surface area contributed by atoms with Crippen LogP contribution in [0.1, 0.15) is 37.3 Å². The van der Waals surface area contributed by atoms with E-state index in [0.29, 0.717) is 18.4 Å². The maximum atomic E-state index is 12.6. The highest BCUT2D eigenvalue weighted by Gasteiger charge is 2.40. The number of carbonyl (C=O) groups is 3. The van der Waals surface area contributed by atoms with Gasteiger partial charge in [-0.25, -0.2) is 4.79 Å². The van der Waals surface area contributed by atoms with Gasteiger partial charge in [-0.1, -0.05) is 55.5 Å². The molecule has 2 aromatic rings. The highest BCUT2D eigenvalue weighted by atomic mass is 16.4. The molecule has 0 fully saturated rings. The van der Waals surface area contributed by atoms with Crippen LogP contribution in [0.2, 0.25) is 0 Å². The molecule has 0 saturated heterocycles. The molecule has 2 unspecified atom stereocenters. The van der Waals surface area contributed by atoms with E-state index in [2.05, 4.69) is 10.6 Å². The third-order valence-electron chi connectivity index (χ3n) is 5.35. The molecule has 0 aromatic heterocycles. The van der Waals surface area contributed by atoms with Crippen molar-refractivity contribution in [2.75, 3.05) is 5.32 Å². The topological polar surface area (TPSA) is 95.5 Å². The molecule has 28 heavy (non-hydrogen) atoms. The lowest BCUT2D eigenvalue weighted by Gasteiger charge is -2.30. The van der Waals surface area contributed by atoms with Gasteiger partial charge in [0.05, 0.1) is 0 Å². The minimum Gasteiger partial charge on any atom is -0.479 e. The molecule has 0 bridgehead atoms. The number of carboxylic acid groups (broad SMARTS) is 1. The van der Waals surface area contributed by atoms with Crippen LogP contribution in [0.25, 0.3) is 0 Å². The first-order chi connectivity index (χ1) is 13.5. The zero-order valence-corrected chi connectivity index (χ0v) is 15.8. The van der Waals surface area contributed by atoms with Gasteiger partial charge in [0, 0.05) is 18.0 Å². The molecular weight excluding hydrogens is 356 g/mol. The normalized spacial score (nSPS) is 17.8. The Bertz CT molecular complexity index is 881. The first kappa shape index (κ1) is 19.6. The number of para-hydroxylation sites is 1. The maximum absolute atomic E-state index is 12.6. The highest BCUT2D eigenvalue weighted by Crippen LogP contribution is 2.29. The van der Waals surface area contributed by atoms with Crippen LogP contribution in [0.5, 0.6) is 0 Å². The maximum Gasteiger partial charge on any atom is 0.334 e. The summed E-state index contributed by atoms with van der Waals surface area (Å²) in [5.41, 5.74) is 0.917. The Morgan fingerprint density at radius 1 is 1.14 bits per heavy atom. The van der Waals surface area contributed by atoms with Crippen LogP contribution >= 0.6 is 0 Å². The number of carboxylic acids is 1. The number of hydrogen-bond donors (Lipinski definition) is 3. The average molecular weight is 380 g/mol. The molecule has 6 heteroatoms. The van der Waals surface area contributed by atoms with Crippen molar-refractivity contribution in [1.29, 1.82) is 0 Å². The fraction of sp³-hybridized carbons (Fsp3) is 0.318. The molecule has 146 valence electrons. The van der Waals surface area contributed by atoms with Gasteiger partial charge in [-0.15, -0.1) is 0 Å². The predicted octanol–water partition coefficient (Wildman–Crippen LogP) is 3.08. The summed E-state index contributed by atoms with van der Waals surface area (Å²) in [4.78, 5) is 36.9. The molecule has 1 heterocycles. The number of rotatable bonds is 7. The monoisotopic (exact) mass is 380 g/mol. The van der Waals surface area contributed by atoms with E-state index in [1.54, 1.807) is 37.3 Å². The summed E-state index contributed by atoms with van der Waals surface area (Å²) in [7, 11) is 0. The fourth-order valence-electron chi connectivity index (χ4n) is 3.67. The lowest BCUT2D eigenvalue weighted by Crippen LogP contribution is -2.51. The summed E-state index contributed by atoms with van der Waals surface area (Å²) in [5, 5.41) is 15.4. The van der Waals surface area contributed by atoms with Crippen molar-refractivity contribution < 1.29 is 19.5 Å². The molecule has 1 aliphatic heterocycles. The van der Waals surface area contributed by atoms with Gasteiger partial charge in [-0.3, -0.25) is 9.59 Å². The van der Waals surface area contributed by atoms with Crippen molar-refractivity contribution in [3.63, 3.8) is 0 Å². The number of hydrogen-bond acceptors (Lipinski definition) is 3. The first-order valence-corrected chi connectivity index (χ1v) is 9.45. The van der Waals surface area contributed by atoms with E-state index in [-0.39, 0.29) is 30.6 Å². The molecular formula is C22H24N2O4. The molecule has 0 aliphatic carbocycles. The van der Waals surface area contributed by atoms with Crippen molar-refractivity contribution >= 4 is 23.5 Å². The van der Waals surface area contributed by atoms with Gasteiger partial charge in [0.1, 0.15) is 0 Å². The number of benzene rings is 2. The van der Waals surface area contributed by atoms with E-state index in [4.69, 9.17) is 0 Å². The largest absolute Gasteiger partial charge is 0.479 e. The third kappa shape index (κ3) is 3.91.